The lowest BCUT2D eigenvalue weighted by molar-refractivity contribution is -0.219. The highest BCUT2D eigenvalue weighted by Gasteiger charge is 2.77. The van der Waals surface area contributed by atoms with E-state index in [-0.39, 0.29) is 12.2 Å². The van der Waals surface area contributed by atoms with Gasteiger partial charge in [0.25, 0.3) is 0 Å². The van der Waals surface area contributed by atoms with Crippen LogP contribution >= 0.6 is 0 Å². The molecule has 0 radical (unpaired) electrons. The van der Waals surface area contributed by atoms with Crippen molar-refractivity contribution in [1.29, 1.82) is 0 Å². The number of alkyl carbamates (subject to hydrolysis) is 1. The standard InChI is InChI=1S/C29H40FNO7/c1-6-7-12-31-25(36)38-29(24(35)16-37-18(3)32)17(2)13-22-21-9-8-19-14-20(33)10-11-26(19,4)28(21,30)23(34)15-27(22,29)5/h10-11,14,17,21-23,34H,6-9,12-13,15-16H2,1-5H3,(H,31,36)/t17-,21-,22-,23-,26-,27-,28-,29-/m0/s1. The number of carbonyl (C=O) groups is 4. The summed E-state index contributed by atoms with van der Waals surface area (Å²) in [6, 6.07) is 0. The van der Waals surface area contributed by atoms with Crippen LogP contribution in [0.4, 0.5) is 9.18 Å². The number of amides is 1. The summed E-state index contributed by atoms with van der Waals surface area (Å²) in [6.45, 7) is 8.29. The van der Waals surface area contributed by atoms with Gasteiger partial charge in [0.05, 0.1) is 6.10 Å². The predicted molar refractivity (Wildman–Crippen MR) is 137 cm³/mol. The third-order valence-electron chi connectivity index (χ3n) is 10.1. The summed E-state index contributed by atoms with van der Waals surface area (Å²) in [6.07, 6.45) is 4.90. The van der Waals surface area contributed by atoms with Crippen LogP contribution < -0.4 is 5.32 Å². The molecule has 0 aromatic rings. The van der Waals surface area contributed by atoms with E-state index in [0.717, 1.165) is 12.8 Å². The summed E-state index contributed by atoms with van der Waals surface area (Å²) in [5.41, 5.74) is -5.41. The Hall–Kier alpha value is -2.55. The number of hydrogen-bond acceptors (Lipinski definition) is 7. The highest BCUT2D eigenvalue weighted by atomic mass is 19.1. The molecule has 3 saturated carbocycles. The average molecular weight is 534 g/mol. The fourth-order valence-corrected chi connectivity index (χ4v) is 8.22. The molecular weight excluding hydrogens is 493 g/mol. The zero-order valence-corrected chi connectivity index (χ0v) is 23.0. The minimum atomic E-state index is -2.07. The Balaban J connectivity index is 1.77. The summed E-state index contributed by atoms with van der Waals surface area (Å²) >= 11 is 0. The minimum Gasteiger partial charge on any atom is -0.458 e. The van der Waals surface area contributed by atoms with Crippen LogP contribution in [-0.4, -0.2) is 59.3 Å². The zero-order chi connectivity index (χ0) is 28.1. The maximum absolute atomic E-state index is 17.4. The zero-order valence-electron chi connectivity index (χ0n) is 23.0. The molecule has 0 bridgehead atoms. The van der Waals surface area contributed by atoms with Gasteiger partial charge in [-0.2, -0.15) is 0 Å². The number of ketones is 2. The van der Waals surface area contributed by atoms with Crippen molar-refractivity contribution in [2.24, 2.45) is 28.6 Å². The van der Waals surface area contributed by atoms with Crippen molar-refractivity contribution in [3.8, 4) is 0 Å². The van der Waals surface area contributed by atoms with Crippen LogP contribution in [0.5, 0.6) is 0 Å². The molecule has 8 nitrogen and oxygen atoms in total. The molecule has 2 N–H and O–H groups in total. The number of hydrogen-bond donors (Lipinski definition) is 2. The lowest BCUT2D eigenvalue weighted by atomic mass is 9.44. The van der Waals surface area contributed by atoms with Gasteiger partial charge in [-0.15, -0.1) is 0 Å². The van der Waals surface area contributed by atoms with Crippen molar-refractivity contribution in [2.75, 3.05) is 13.2 Å². The lowest BCUT2D eigenvalue weighted by Gasteiger charge is -2.62. The lowest BCUT2D eigenvalue weighted by Crippen LogP contribution is -2.70. The second kappa shape index (κ2) is 9.88. The van der Waals surface area contributed by atoms with Gasteiger partial charge in [0.15, 0.2) is 23.7 Å². The Morgan fingerprint density at radius 1 is 1.24 bits per heavy atom. The number of allylic oxidation sites excluding steroid dienone is 4. The first-order chi connectivity index (χ1) is 17.8. The number of Topliss-reactive ketones (excluding diaryl/α,β-unsaturated/α-hetero) is 1. The first kappa shape index (κ1) is 28.5. The molecule has 0 aromatic carbocycles. The third-order valence-corrected chi connectivity index (χ3v) is 10.1. The van der Waals surface area contributed by atoms with Crippen molar-refractivity contribution < 1.29 is 38.1 Å². The van der Waals surface area contributed by atoms with Gasteiger partial charge in [0.1, 0.15) is 0 Å². The van der Waals surface area contributed by atoms with Gasteiger partial charge in [0.2, 0.25) is 5.78 Å². The highest BCUT2D eigenvalue weighted by Crippen LogP contribution is 2.71. The van der Waals surface area contributed by atoms with Gasteiger partial charge in [-0.1, -0.05) is 38.8 Å². The quantitative estimate of drug-likeness (QED) is 0.375. The van der Waals surface area contributed by atoms with Gasteiger partial charge >= 0.3 is 12.1 Å². The molecule has 4 rings (SSSR count). The molecule has 210 valence electrons. The van der Waals surface area contributed by atoms with Crippen molar-refractivity contribution >= 4 is 23.6 Å². The van der Waals surface area contributed by atoms with Gasteiger partial charge in [-0.25, -0.2) is 9.18 Å². The molecule has 1 amide bonds. The van der Waals surface area contributed by atoms with E-state index < -0.39 is 70.4 Å². The van der Waals surface area contributed by atoms with Crippen LogP contribution in [-0.2, 0) is 23.9 Å². The van der Waals surface area contributed by atoms with Crippen molar-refractivity contribution in [2.45, 2.75) is 90.5 Å². The molecular formula is C29H40FNO7. The first-order valence-corrected chi connectivity index (χ1v) is 13.7. The molecule has 9 heteroatoms. The first-order valence-electron chi connectivity index (χ1n) is 13.7. The van der Waals surface area contributed by atoms with Crippen LogP contribution in [0.2, 0.25) is 0 Å². The molecule has 8 atom stereocenters. The topological polar surface area (TPSA) is 119 Å². The van der Waals surface area contributed by atoms with E-state index in [4.69, 9.17) is 9.47 Å². The van der Waals surface area contributed by atoms with Crippen molar-refractivity contribution in [3.05, 3.63) is 23.8 Å². The number of halogens is 1. The van der Waals surface area contributed by atoms with E-state index in [1.807, 2.05) is 6.92 Å². The number of aliphatic hydroxyl groups excluding tert-OH is 1. The number of carbonyl (C=O) groups excluding carboxylic acids is 4. The molecule has 38 heavy (non-hydrogen) atoms. The van der Waals surface area contributed by atoms with E-state index in [9.17, 15) is 24.3 Å². The normalized spacial score (nSPS) is 41.3. The predicted octanol–water partition coefficient (Wildman–Crippen LogP) is 4.00. The summed E-state index contributed by atoms with van der Waals surface area (Å²) in [5, 5.41) is 14.3. The van der Waals surface area contributed by atoms with E-state index >= 15 is 4.39 Å². The Morgan fingerprint density at radius 3 is 2.61 bits per heavy atom. The molecule has 0 heterocycles. The smallest absolute Gasteiger partial charge is 0.408 e. The maximum Gasteiger partial charge on any atom is 0.408 e. The SMILES string of the molecule is CCCCNC(=O)O[C@]1(C(=O)COC(C)=O)[C@@H](C)C[C@H]2[C@@H]3CCC4=CC(=O)C=C[C@]4(C)[C@@]3(F)[C@@H](O)C[C@@]21C. The Labute approximate surface area is 223 Å². The Morgan fingerprint density at radius 2 is 1.95 bits per heavy atom. The number of alkyl halides is 1. The van der Waals surface area contributed by atoms with Gasteiger partial charge in [-0.3, -0.25) is 14.4 Å². The number of unbranched alkanes of at least 4 members (excludes halogenated alkanes) is 1. The fraction of sp³-hybridized carbons (Fsp3) is 0.724. The summed E-state index contributed by atoms with van der Waals surface area (Å²) in [4.78, 5) is 50.5. The summed E-state index contributed by atoms with van der Waals surface area (Å²) in [7, 11) is 0. The van der Waals surface area contributed by atoms with Crippen LogP contribution in [0.15, 0.2) is 23.8 Å². The van der Waals surface area contributed by atoms with E-state index in [1.54, 1.807) is 26.8 Å². The second-order valence-electron chi connectivity index (χ2n) is 12.0. The van der Waals surface area contributed by atoms with Gasteiger partial charge in [0, 0.05) is 36.1 Å². The number of aliphatic hydroxyl groups is 1. The largest absolute Gasteiger partial charge is 0.458 e. The number of esters is 1. The Kier molecular flexibility index (Phi) is 7.40. The Bertz CT molecular complexity index is 1090. The van der Waals surface area contributed by atoms with E-state index in [1.165, 1.54) is 19.1 Å². The van der Waals surface area contributed by atoms with Crippen LogP contribution in [0.3, 0.4) is 0 Å². The minimum absolute atomic E-state index is 0.131. The number of nitrogens with one attached hydrogen (secondary N) is 1. The summed E-state index contributed by atoms with van der Waals surface area (Å²) in [5.74, 6) is -2.96. The second-order valence-corrected chi connectivity index (χ2v) is 12.0. The molecule has 3 fully saturated rings. The molecule has 0 spiro atoms. The molecule has 4 aliphatic rings. The van der Waals surface area contributed by atoms with E-state index in [2.05, 4.69) is 5.32 Å². The van der Waals surface area contributed by atoms with Crippen LogP contribution in [0.25, 0.3) is 0 Å². The average Bonchev–Trinajstić information content (AvgIpc) is 3.06. The maximum atomic E-state index is 17.4. The summed E-state index contributed by atoms with van der Waals surface area (Å²) < 4.78 is 28.5. The van der Waals surface area contributed by atoms with E-state index in [0.29, 0.717) is 31.4 Å². The van der Waals surface area contributed by atoms with Gasteiger partial charge in [-0.05, 0) is 57.1 Å². The highest BCUT2D eigenvalue weighted by molar-refractivity contribution is 6.01. The molecule has 0 aliphatic heterocycles. The van der Waals surface area contributed by atoms with Crippen molar-refractivity contribution in [1.82, 2.24) is 5.32 Å². The number of fused-ring (bicyclic) bond motifs is 5. The van der Waals surface area contributed by atoms with Gasteiger partial charge < -0.3 is 19.9 Å². The molecule has 4 aliphatic carbocycles. The number of ether oxygens (including phenoxy) is 2. The van der Waals surface area contributed by atoms with Crippen LogP contribution in [0.1, 0.15) is 73.1 Å². The molecule has 0 saturated heterocycles. The molecule has 0 aromatic heterocycles. The monoisotopic (exact) mass is 533 g/mol. The fourth-order valence-electron chi connectivity index (χ4n) is 8.22. The third kappa shape index (κ3) is 3.95. The van der Waals surface area contributed by atoms with Crippen molar-refractivity contribution in [3.63, 3.8) is 0 Å². The van der Waals surface area contributed by atoms with Crippen LogP contribution in [0, 0.1) is 28.6 Å². The molecule has 0 unspecified atom stereocenters. The number of rotatable bonds is 7.